The minimum atomic E-state index is -0.291. The van der Waals surface area contributed by atoms with Crippen LogP contribution in [-0.4, -0.2) is 41.4 Å². The minimum absolute atomic E-state index is 0.139. The first kappa shape index (κ1) is 22.2. The fraction of sp³-hybridized carbons (Fsp3) is 0.333. The van der Waals surface area contributed by atoms with Gasteiger partial charge in [-0.3, -0.25) is 4.79 Å². The Morgan fingerprint density at radius 3 is 2.78 bits per heavy atom. The van der Waals surface area contributed by atoms with Gasteiger partial charge in [-0.15, -0.1) is 0 Å². The summed E-state index contributed by atoms with van der Waals surface area (Å²) in [7, 11) is 1.59. The molecule has 6 nitrogen and oxygen atoms in total. The Morgan fingerprint density at radius 2 is 2.06 bits per heavy atom. The minimum Gasteiger partial charge on any atom is -0.497 e. The molecule has 2 aromatic carbocycles. The van der Waals surface area contributed by atoms with Crippen LogP contribution in [0.15, 0.2) is 53.3 Å². The van der Waals surface area contributed by atoms with Crippen LogP contribution in [0.3, 0.4) is 0 Å². The summed E-state index contributed by atoms with van der Waals surface area (Å²) in [5.41, 5.74) is 2.01. The molecule has 0 bridgehead atoms. The van der Waals surface area contributed by atoms with Crippen LogP contribution in [0.4, 0.5) is 4.39 Å². The number of fused-ring (bicyclic) bond motifs is 1. The molecule has 32 heavy (non-hydrogen) atoms. The summed E-state index contributed by atoms with van der Waals surface area (Å²) in [5, 5.41) is 4.71. The third-order valence-corrected chi connectivity index (χ3v) is 5.97. The van der Waals surface area contributed by atoms with E-state index < -0.39 is 0 Å². The van der Waals surface area contributed by atoms with Gasteiger partial charge in [-0.25, -0.2) is 4.39 Å². The largest absolute Gasteiger partial charge is 0.497 e. The van der Waals surface area contributed by atoms with Gasteiger partial charge in [-0.1, -0.05) is 12.1 Å². The SMILES string of the molecule is COc1ccc2cc(CN(Cc3ccc(F)cc3)C(=S)NC[C@@H]3CCCO3)c(=O)[nH]c2c1. The molecule has 0 radical (unpaired) electrons. The van der Waals surface area contributed by atoms with E-state index in [0.29, 0.717) is 41.6 Å². The molecular formula is C24H26FN3O3S. The van der Waals surface area contributed by atoms with E-state index in [1.165, 1.54) is 12.1 Å². The number of hydrogen-bond donors (Lipinski definition) is 2. The topological polar surface area (TPSA) is 66.6 Å². The second-order valence-electron chi connectivity index (χ2n) is 7.88. The predicted molar refractivity (Wildman–Crippen MR) is 126 cm³/mol. The number of nitrogens with one attached hydrogen (secondary N) is 2. The highest BCUT2D eigenvalue weighted by atomic mass is 32.1. The van der Waals surface area contributed by atoms with E-state index in [2.05, 4.69) is 10.3 Å². The van der Waals surface area contributed by atoms with Crippen LogP contribution in [0.2, 0.25) is 0 Å². The Balaban J connectivity index is 1.56. The van der Waals surface area contributed by atoms with E-state index in [-0.39, 0.29) is 17.5 Å². The summed E-state index contributed by atoms with van der Waals surface area (Å²) < 4.78 is 24.3. The summed E-state index contributed by atoms with van der Waals surface area (Å²) in [6.07, 6.45) is 2.19. The lowest BCUT2D eigenvalue weighted by molar-refractivity contribution is 0.113. The number of rotatable bonds is 7. The molecule has 3 aromatic rings. The number of thiocarbonyl (C=S) groups is 1. The van der Waals surface area contributed by atoms with Gasteiger partial charge in [-0.2, -0.15) is 0 Å². The van der Waals surface area contributed by atoms with E-state index in [9.17, 15) is 9.18 Å². The smallest absolute Gasteiger partial charge is 0.253 e. The van der Waals surface area contributed by atoms with Crippen LogP contribution >= 0.6 is 12.2 Å². The maximum atomic E-state index is 13.4. The second kappa shape index (κ2) is 10.1. The van der Waals surface area contributed by atoms with Gasteiger partial charge in [0, 0.05) is 31.3 Å². The first-order chi connectivity index (χ1) is 15.5. The molecule has 1 aliphatic heterocycles. The second-order valence-corrected chi connectivity index (χ2v) is 8.27. The van der Waals surface area contributed by atoms with Crippen LogP contribution in [0.1, 0.15) is 24.0 Å². The quantitative estimate of drug-likeness (QED) is 0.530. The van der Waals surface area contributed by atoms with Crippen molar-refractivity contribution in [3.8, 4) is 5.75 Å². The molecule has 1 saturated heterocycles. The van der Waals surface area contributed by atoms with Crippen molar-refractivity contribution >= 4 is 28.2 Å². The molecule has 1 aromatic heterocycles. The number of nitrogens with zero attached hydrogens (tertiary/aromatic N) is 1. The molecule has 0 spiro atoms. The van der Waals surface area contributed by atoms with E-state index >= 15 is 0 Å². The molecule has 4 rings (SSSR count). The van der Waals surface area contributed by atoms with E-state index in [4.69, 9.17) is 21.7 Å². The first-order valence-corrected chi connectivity index (χ1v) is 11.0. The Morgan fingerprint density at radius 1 is 1.25 bits per heavy atom. The number of aromatic nitrogens is 1. The number of aromatic amines is 1. The molecule has 168 valence electrons. The van der Waals surface area contributed by atoms with Crippen molar-refractivity contribution in [1.29, 1.82) is 0 Å². The molecule has 1 fully saturated rings. The summed E-state index contributed by atoms with van der Waals surface area (Å²) in [5.74, 6) is 0.388. The Hall–Kier alpha value is -2.97. The van der Waals surface area contributed by atoms with Crippen molar-refractivity contribution in [1.82, 2.24) is 15.2 Å². The molecule has 0 aliphatic carbocycles. The van der Waals surface area contributed by atoms with Crippen molar-refractivity contribution in [2.45, 2.75) is 32.0 Å². The van der Waals surface area contributed by atoms with E-state index in [0.717, 1.165) is 30.4 Å². The molecule has 1 aliphatic rings. The highest BCUT2D eigenvalue weighted by Gasteiger charge is 2.18. The Bertz CT molecular complexity index is 1140. The van der Waals surface area contributed by atoms with Crippen LogP contribution in [-0.2, 0) is 17.8 Å². The summed E-state index contributed by atoms with van der Waals surface area (Å²) in [6.45, 7) is 2.14. The molecule has 2 heterocycles. The zero-order valence-electron chi connectivity index (χ0n) is 17.9. The van der Waals surface area contributed by atoms with Gasteiger partial charge >= 0.3 is 0 Å². The summed E-state index contributed by atoms with van der Waals surface area (Å²) in [4.78, 5) is 17.6. The average molecular weight is 456 g/mol. The van der Waals surface area contributed by atoms with Gasteiger partial charge in [0.25, 0.3) is 5.56 Å². The predicted octanol–water partition coefficient (Wildman–Crippen LogP) is 3.73. The highest BCUT2D eigenvalue weighted by molar-refractivity contribution is 7.80. The fourth-order valence-corrected chi connectivity index (χ4v) is 4.02. The van der Waals surface area contributed by atoms with Gasteiger partial charge in [0.05, 0.1) is 25.3 Å². The van der Waals surface area contributed by atoms with Crippen molar-refractivity contribution in [2.24, 2.45) is 0 Å². The molecule has 8 heteroatoms. The number of halogens is 1. The van der Waals surface area contributed by atoms with Gasteiger partial charge in [-0.05, 0) is 66.3 Å². The average Bonchev–Trinajstić information content (AvgIpc) is 3.32. The van der Waals surface area contributed by atoms with Gasteiger partial charge in [0.15, 0.2) is 5.11 Å². The van der Waals surface area contributed by atoms with Crippen molar-refractivity contribution < 1.29 is 13.9 Å². The first-order valence-electron chi connectivity index (χ1n) is 10.6. The number of H-pyrrole nitrogens is 1. The number of methoxy groups -OCH3 is 1. The molecule has 1 atom stereocenters. The number of benzene rings is 2. The van der Waals surface area contributed by atoms with Gasteiger partial charge in [0.2, 0.25) is 0 Å². The summed E-state index contributed by atoms with van der Waals surface area (Å²) in [6, 6.07) is 13.7. The molecule has 2 N–H and O–H groups in total. The Labute approximate surface area is 191 Å². The lowest BCUT2D eigenvalue weighted by Gasteiger charge is -2.27. The maximum Gasteiger partial charge on any atom is 0.253 e. The van der Waals surface area contributed by atoms with E-state index in [1.807, 2.05) is 23.1 Å². The molecule has 0 saturated carbocycles. The van der Waals surface area contributed by atoms with E-state index in [1.54, 1.807) is 25.3 Å². The number of hydrogen-bond acceptors (Lipinski definition) is 4. The lowest BCUT2D eigenvalue weighted by Crippen LogP contribution is -2.42. The van der Waals surface area contributed by atoms with Crippen LogP contribution in [0, 0.1) is 5.82 Å². The third kappa shape index (κ3) is 5.44. The van der Waals surface area contributed by atoms with Crippen LogP contribution in [0.5, 0.6) is 5.75 Å². The monoisotopic (exact) mass is 455 g/mol. The summed E-state index contributed by atoms with van der Waals surface area (Å²) >= 11 is 5.66. The maximum absolute atomic E-state index is 13.4. The van der Waals surface area contributed by atoms with Crippen LogP contribution in [0.25, 0.3) is 10.9 Å². The van der Waals surface area contributed by atoms with Crippen molar-refractivity contribution in [3.05, 3.63) is 75.8 Å². The molecule has 0 amide bonds. The number of pyridine rings is 1. The van der Waals surface area contributed by atoms with Gasteiger partial charge in [0.1, 0.15) is 11.6 Å². The molecular weight excluding hydrogens is 429 g/mol. The fourth-order valence-electron chi connectivity index (χ4n) is 3.80. The highest BCUT2D eigenvalue weighted by Crippen LogP contribution is 2.19. The third-order valence-electron chi connectivity index (χ3n) is 5.57. The van der Waals surface area contributed by atoms with Crippen molar-refractivity contribution in [3.63, 3.8) is 0 Å². The Kier molecular flexibility index (Phi) is 7.02. The lowest BCUT2D eigenvalue weighted by atomic mass is 10.1. The molecule has 0 unspecified atom stereocenters. The zero-order chi connectivity index (χ0) is 22.5. The van der Waals surface area contributed by atoms with Crippen molar-refractivity contribution in [2.75, 3.05) is 20.3 Å². The standard InChI is InChI=1S/C24H26FN3O3S/c1-30-20-9-6-17-11-18(23(29)27-22(17)12-20)15-28(14-16-4-7-19(25)8-5-16)24(32)26-13-21-3-2-10-31-21/h4-9,11-12,21H,2-3,10,13-15H2,1H3,(H,26,32)(H,27,29)/t21-/m0/s1. The normalized spacial score (nSPS) is 15.6. The van der Waals surface area contributed by atoms with Crippen LogP contribution < -0.4 is 15.6 Å². The zero-order valence-corrected chi connectivity index (χ0v) is 18.7. The van der Waals surface area contributed by atoms with Gasteiger partial charge < -0.3 is 24.7 Å². The number of ether oxygens (including phenoxy) is 2.